The number of hydrogen-bond donors (Lipinski definition) is 1. The molecule has 0 saturated heterocycles. The largest absolute Gasteiger partial charge is 0.491 e. The molecule has 0 aromatic heterocycles. The Morgan fingerprint density at radius 3 is 2.19 bits per heavy atom. The number of ether oxygens (including phenoxy) is 1. The van der Waals surface area contributed by atoms with E-state index in [1.807, 2.05) is 13.8 Å². The molecule has 27 heavy (non-hydrogen) atoms. The molecular weight excluding hydrogens is 371 g/mol. The van der Waals surface area contributed by atoms with Crippen LogP contribution in [0, 0.1) is 5.82 Å². The van der Waals surface area contributed by atoms with Crippen LogP contribution in [0.1, 0.15) is 20.8 Å². The van der Waals surface area contributed by atoms with Gasteiger partial charge in [0.15, 0.2) is 0 Å². The number of carbonyl (C=O) groups is 1. The number of hydrogen-bond acceptors (Lipinski definition) is 4. The van der Waals surface area contributed by atoms with Crippen molar-refractivity contribution in [1.82, 2.24) is 0 Å². The Bertz CT molecular complexity index is 898. The smallest absolute Gasteiger partial charge is 0.247 e. The van der Waals surface area contributed by atoms with Gasteiger partial charge >= 0.3 is 0 Å². The Morgan fingerprint density at radius 1 is 1.07 bits per heavy atom. The maximum Gasteiger partial charge on any atom is 0.247 e. The van der Waals surface area contributed by atoms with Crippen LogP contribution in [0.3, 0.4) is 0 Å². The van der Waals surface area contributed by atoms with Crippen LogP contribution in [-0.2, 0) is 14.8 Å². The first-order valence-corrected chi connectivity index (χ1v) is 10.3. The molecule has 2 aromatic rings. The molecule has 0 aliphatic heterocycles. The van der Waals surface area contributed by atoms with Crippen molar-refractivity contribution in [3.63, 3.8) is 0 Å². The van der Waals surface area contributed by atoms with E-state index in [2.05, 4.69) is 5.32 Å². The van der Waals surface area contributed by atoms with Crippen LogP contribution in [-0.4, -0.2) is 32.7 Å². The molecule has 2 rings (SSSR count). The number of rotatable bonds is 7. The van der Waals surface area contributed by atoms with Crippen LogP contribution in [0.15, 0.2) is 48.5 Å². The van der Waals surface area contributed by atoms with Crippen LogP contribution in [0.2, 0.25) is 0 Å². The van der Waals surface area contributed by atoms with E-state index in [1.165, 1.54) is 25.1 Å². The summed E-state index contributed by atoms with van der Waals surface area (Å²) in [5.74, 6) is -0.654. The second-order valence-corrected chi connectivity index (χ2v) is 8.23. The molecular formula is C19H23FN2O4S. The number of benzene rings is 2. The maximum absolute atomic E-state index is 14.1. The lowest BCUT2D eigenvalue weighted by molar-refractivity contribution is -0.116. The third kappa shape index (κ3) is 5.43. The second-order valence-electron chi connectivity index (χ2n) is 6.37. The number of sulfonamides is 1. The molecule has 0 aliphatic rings. The van der Waals surface area contributed by atoms with Crippen molar-refractivity contribution in [2.75, 3.05) is 15.9 Å². The average Bonchev–Trinajstić information content (AvgIpc) is 2.57. The lowest BCUT2D eigenvalue weighted by atomic mass is 10.2. The number of halogens is 1. The highest BCUT2D eigenvalue weighted by Crippen LogP contribution is 2.25. The highest BCUT2D eigenvalue weighted by molar-refractivity contribution is 7.92. The van der Waals surface area contributed by atoms with Crippen LogP contribution in [0.5, 0.6) is 5.75 Å². The molecule has 0 aliphatic carbocycles. The summed E-state index contributed by atoms with van der Waals surface area (Å²) in [4.78, 5) is 12.6. The highest BCUT2D eigenvalue weighted by Gasteiger charge is 2.30. The van der Waals surface area contributed by atoms with E-state index in [0.717, 1.165) is 16.6 Å². The predicted octanol–water partition coefficient (Wildman–Crippen LogP) is 3.41. The summed E-state index contributed by atoms with van der Waals surface area (Å²) in [5, 5.41) is 2.64. The lowest BCUT2D eigenvalue weighted by Crippen LogP contribution is -2.45. The van der Waals surface area contributed by atoms with Gasteiger partial charge in [0.1, 0.15) is 17.6 Å². The summed E-state index contributed by atoms with van der Waals surface area (Å²) >= 11 is 0. The van der Waals surface area contributed by atoms with Gasteiger partial charge in [-0.2, -0.15) is 0 Å². The molecule has 146 valence electrons. The minimum Gasteiger partial charge on any atom is -0.491 e. The summed E-state index contributed by atoms with van der Waals surface area (Å²) in [5.41, 5.74) is 0.299. The maximum atomic E-state index is 14.1. The first kappa shape index (κ1) is 20.7. The van der Waals surface area contributed by atoms with Gasteiger partial charge in [-0.15, -0.1) is 0 Å². The van der Waals surface area contributed by atoms with Crippen LogP contribution < -0.4 is 14.4 Å². The van der Waals surface area contributed by atoms with E-state index in [4.69, 9.17) is 4.74 Å². The van der Waals surface area contributed by atoms with Crippen molar-refractivity contribution >= 4 is 27.3 Å². The normalized spacial score (nSPS) is 12.5. The molecule has 0 saturated carbocycles. The van der Waals surface area contributed by atoms with Crippen molar-refractivity contribution < 1.29 is 22.3 Å². The Kier molecular flexibility index (Phi) is 6.43. The molecule has 1 amide bonds. The van der Waals surface area contributed by atoms with Crippen LogP contribution in [0.25, 0.3) is 0 Å². The molecule has 0 heterocycles. The zero-order valence-corrected chi connectivity index (χ0v) is 16.5. The molecule has 6 nitrogen and oxygen atoms in total. The van der Waals surface area contributed by atoms with Crippen LogP contribution >= 0.6 is 0 Å². The van der Waals surface area contributed by atoms with Crippen molar-refractivity contribution in [3.05, 3.63) is 54.3 Å². The number of carbonyl (C=O) groups excluding carboxylic acids is 1. The van der Waals surface area contributed by atoms with Crippen molar-refractivity contribution in [2.24, 2.45) is 0 Å². The number of anilines is 2. The average molecular weight is 394 g/mol. The van der Waals surface area contributed by atoms with Crippen molar-refractivity contribution in [1.29, 1.82) is 0 Å². The van der Waals surface area contributed by atoms with E-state index >= 15 is 0 Å². The van der Waals surface area contributed by atoms with Gasteiger partial charge in [-0.25, -0.2) is 12.8 Å². The quantitative estimate of drug-likeness (QED) is 0.781. The summed E-state index contributed by atoms with van der Waals surface area (Å²) in [6.45, 7) is 5.21. The van der Waals surface area contributed by atoms with Gasteiger partial charge in [0, 0.05) is 5.69 Å². The minimum absolute atomic E-state index is 0.0227. The molecule has 1 atom stereocenters. The molecule has 2 aromatic carbocycles. The second kappa shape index (κ2) is 8.39. The fourth-order valence-electron chi connectivity index (χ4n) is 2.55. The zero-order chi connectivity index (χ0) is 20.2. The summed E-state index contributed by atoms with van der Waals surface area (Å²) in [6.07, 6.45) is 0.955. The van der Waals surface area contributed by atoms with E-state index in [0.29, 0.717) is 11.4 Å². The van der Waals surface area contributed by atoms with E-state index < -0.39 is 27.8 Å². The van der Waals surface area contributed by atoms with E-state index in [-0.39, 0.29) is 11.8 Å². The summed E-state index contributed by atoms with van der Waals surface area (Å²) in [7, 11) is -3.88. The molecule has 0 unspecified atom stereocenters. The number of para-hydroxylation sites is 1. The third-order valence-electron chi connectivity index (χ3n) is 3.67. The van der Waals surface area contributed by atoms with Gasteiger partial charge in [0.2, 0.25) is 15.9 Å². The van der Waals surface area contributed by atoms with Gasteiger partial charge < -0.3 is 10.1 Å². The Morgan fingerprint density at radius 2 is 1.67 bits per heavy atom. The van der Waals surface area contributed by atoms with Gasteiger partial charge in [0.25, 0.3) is 0 Å². The van der Waals surface area contributed by atoms with Crippen LogP contribution in [0.4, 0.5) is 15.8 Å². The summed E-state index contributed by atoms with van der Waals surface area (Å²) in [6, 6.07) is 11.0. The highest BCUT2D eigenvalue weighted by atomic mass is 32.2. The molecule has 1 N–H and O–H groups in total. The first-order chi connectivity index (χ1) is 12.6. The molecule has 0 bridgehead atoms. The summed E-state index contributed by atoms with van der Waals surface area (Å²) < 4.78 is 44.8. The SMILES string of the molecule is CC(C)Oc1ccc(NC(=O)[C@@H](C)N(c2ccccc2F)S(C)(=O)=O)cc1. The van der Waals surface area contributed by atoms with Gasteiger partial charge in [-0.05, 0) is 57.2 Å². The predicted molar refractivity (Wildman–Crippen MR) is 104 cm³/mol. The minimum atomic E-state index is -3.88. The monoisotopic (exact) mass is 394 g/mol. The lowest BCUT2D eigenvalue weighted by Gasteiger charge is -2.28. The molecule has 8 heteroatoms. The Hall–Kier alpha value is -2.61. The van der Waals surface area contributed by atoms with E-state index in [1.54, 1.807) is 24.3 Å². The molecule has 0 fully saturated rings. The number of amides is 1. The molecule has 0 radical (unpaired) electrons. The fourth-order valence-corrected chi connectivity index (χ4v) is 3.72. The van der Waals surface area contributed by atoms with Gasteiger partial charge in [-0.3, -0.25) is 9.10 Å². The van der Waals surface area contributed by atoms with Crippen molar-refractivity contribution in [2.45, 2.75) is 32.9 Å². The number of nitrogens with zero attached hydrogens (tertiary/aromatic N) is 1. The molecule has 0 spiro atoms. The number of nitrogens with one attached hydrogen (secondary N) is 1. The van der Waals surface area contributed by atoms with Gasteiger partial charge in [0.05, 0.1) is 18.0 Å². The van der Waals surface area contributed by atoms with Gasteiger partial charge in [-0.1, -0.05) is 12.1 Å². The zero-order valence-electron chi connectivity index (χ0n) is 15.6. The van der Waals surface area contributed by atoms with Crippen molar-refractivity contribution in [3.8, 4) is 5.75 Å². The topological polar surface area (TPSA) is 75.7 Å². The Balaban J connectivity index is 2.22. The third-order valence-corrected chi connectivity index (χ3v) is 4.90. The first-order valence-electron chi connectivity index (χ1n) is 8.41. The standard InChI is InChI=1S/C19H23FN2O4S/c1-13(2)26-16-11-9-15(10-12-16)21-19(23)14(3)22(27(4,24)25)18-8-6-5-7-17(18)20/h5-14H,1-4H3,(H,21,23)/t14-/m1/s1. The van der Waals surface area contributed by atoms with E-state index in [9.17, 15) is 17.6 Å². The Labute approximate surface area is 159 Å². The fraction of sp³-hybridized carbons (Fsp3) is 0.316.